The molecule has 0 spiro atoms. The van der Waals surface area contributed by atoms with Gasteiger partial charge in [-0.3, -0.25) is 0 Å². The molecule has 2 aromatic carbocycles. The minimum absolute atomic E-state index is 0.569. The van der Waals surface area contributed by atoms with Crippen molar-refractivity contribution in [2.24, 2.45) is 5.73 Å². The molecule has 5 heteroatoms. The molecule has 0 saturated heterocycles. The van der Waals surface area contributed by atoms with Crippen molar-refractivity contribution in [3.05, 3.63) is 64.2 Å². The summed E-state index contributed by atoms with van der Waals surface area (Å²) in [4.78, 5) is 12.3. The molecule has 1 atom stereocenters. The fourth-order valence-electron chi connectivity index (χ4n) is 3.68. The molecule has 2 aromatic rings. The number of carboxylic acids is 1. The van der Waals surface area contributed by atoms with E-state index < -0.39 is 17.7 Å². The summed E-state index contributed by atoms with van der Waals surface area (Å²) in [6.45, 7) is 10.4. The van der Waals surface area contributed by atoms with Crippen LogP contribution in [0, 0.1) is 0 Å². The van der Waals surface area contributed by atoms with Crippen LogP contribution in [0.3, 0.4) is 0 Å². The maximum Gasteiger partial charge on any atom is 0.337 e. The monoisotopic (exact) mass is 407 g/mol. The highest BCUT2D eigenvalue weighted by atomic mass is 16.5. The molecule has 0 aromatic heterocycles. The first-order valence-electron chi connectivity index (χ1n) is 10.1. The average Bonchev–Trinajstić information content (AvgIpc) is 2.70. The van der Waals surface area contributed by atoms with Gasteiger partial charge in [0.25, 0.3) is 0 Å². The van der Waals surface area contributed by atoms with E-state index in [-0.39, 0.29) is 0 Å². The van der Waals surface area contributed by atoms with E-state index in [9.17, 15) is 9.90 Å². The van der Waals surface area contributed by atoms with Crippen molar-refractivity contribution >= 4 is 18.6 Å². The molecule has 30 heavy (non-hydrogen) atoms. The van der Waals surface area contributed by atoms with E-state index in [4.69, 9.17) is 15.2 Å². The third-order valence-electron chi connectivity index (χ3n) is 4.93. The van der Waals surface area contributed by atoms with Gasteiger partial charge >= 0.3 is 5.97 Å². The fourth-order valence-corrected chi connectivity index (χ4v) is 3.68. The van der Waals surface area contributed by atoms with Gasteiger partial charge in [-0.05, 0) is 85.1 Å². The number of nitrogens with two attached hydrogens (primary N) is 1. The molecule has 0 saturated carbocycles. The minimum atomic E-state index is -1.16. The van der Waals surface area contributed by atoms with Gasteiger partial charge in [0.15, 0.2) is 6.10 Å². The molecule has 158 valence electrons. The van der Waals surface area contributed by atoms with Gasteiger partial charge in [-0.15, -0.1) is 0 Å². The Morgan fingerprint density at radius 2 is 2.07 bits per heavy atom. The number of hydrogen-bond acceptors (Lipinski definition) is 4. The van der Waals surface area contributed by atoms with E-state index >= 15 is 0 Å². The van der Waals surface area contributed by atoms with Crippen LogP contribution >= 0.6 is 0 Å². The number of ether oxygens (including phenoxy) is 2. The van der Waals surface area contributed by atoms with Crippen LogP contribution in [0.25, 0.3) is 23.8 Å². The number of fused-ring (bicyclic) bond motifs is 1. The number of hydrogen-bond donors (Lipinski definition) is 2. The molecule has 0 fully saturated rings. The number of aliphatic carboxylic acids is 1. The smallest absolute Gasteiger partial charge is 0.337 e. The number of carbonyl (C=O) groups is 1. The summed E-state index contributed by atoms with van der Waals surface area (Å²) in [5.74, 6) is -0.164. The first-order chi connectivity index (χ1) is 14.2. The molecule has 0 radical (unpaired) electrons. The molecule has 3 N–H and O–H groups in total. The van der Waals surface area contributed by atoms with E-state index in [2.05, 4.69) is 12.6 Å². The maximum atomic E-state index is 12.3. The van der Waals surface area contributed by atoms with Gasteiger partial charge in [0, 0.05) is 5.56 Å². The predicted molar refractivity (Wildman–Crippen MR) is 119 cm³/mol. The first kappa shape index (κ1) is 21.7. The molecule has 5 nitrogen and oxygen atoms in total. The Hall–Kier alpha value is -3.05. The maximum absolute atomic E-state index is 12.3. The lowest BCUT2D eigenvalue weighted by Crippen LogP contribution is -2.36. The summed E-state index contributed by atoms with van der Waals surface area (Å²) in [5, 5.41) is 11.5. The van der Waals surface area contributed by atoms with Gasteiger partial charge in [-0.1, -0.05) is 30.9 Å². The number of benzene rings is 2. The van der Waals surface area contributed by atoms with Crippen LogP contribution in [0.5, 0.6) is 5.75 Å². The van der Waals surface area contributed by atoms with Crippen molar-refractivity contribution < 1.29 is 19.4 Å². The van der Waals surface area contributed by atoms with Gasteiger partial charge in [-0.2, -0.15) is 0 Å². The number of rotatable bonds is 5. The largest absolute Gasteiger partial charge is 0.493 e. The van der Waals surface area contributed by atoms with Gasteiger partial charge in [-0.25, -0.2) is 4.79 Å². The summed E-state index contributed by atoms with van der Waals surface area (Å²) in [5.41, 5.74) is 8.31. The summed E-state index contributed by atoms with van der Waals surface area (Å²) in [6, 6.07) is 9.80. The molecule has 1 unspecified atom stereocenters. The molecule has 3 rings (SSSR count). The van der Waals surface area contributed by atoms with Crippen LogP contribution in [0.1, 0.15) is 44.4 Å². The summed E-state index contributed by atoms with van der Waals surface area (Å²) in [6.07, 6.45) is 5.60. The van der Waals surface area contributed by atoms with Gasteiger partial charge in [0.05, 0.1) is 12.2 Å². The third-order valence-corrected chi connectivity index (χ3v) is 4.93. The standard InChI is InChI=1S/C25H29NO4/c1-16-9-11-20(17-10-12-21-18(15-17)7-6-14-29-21)22(19(16)8-5-13-26)23(24(27)28)30-25(2,3)4/h5,8-13,15,23H,1,6-7,14,26H2,2-4H3,(H,27,28)/b13-5-,19-8+. The Kier molecular flexibility index (Phi) is 6.32. The highest BCUT2D eigenvalue weighted by molar-refractivity contribution is 5.81. The highest BCUT2D eigenvalue weighted by Gasteiger charge is 2.30. The van der Waals surface area contributed by atoms with Crippen LogP contribution in [-0.2, 0) is 16.0 Å². The highest BCUT2D eigenvalue weighted by Crippen LogP contribution is 2.34. The second-order valence-corrected chi connectivity index (χ2v) is 8.37. The second-order valence-electron chi connectivity index (χ2n) is 8.37. The summed E-state index contributed by atoms with van der Waals surface area (Å²) >= 11 is 0. The predicted octanol–water partition coefficient (Wildman–Crippen LogP) is 3.28. The van der Waals surface area contributed by atoms with Gasteiger partial charge in [0.2, 0.25) is 0 Å². The van der Waals surface area contributed by atoms with Crippen LogP contribution in [0.2, 0.25) is 0 Å². The molecule has 0 bridgehead atoms. The molecular weight excluding hydrogens is 378 g/mol. The summed E-state index contributed by atoms with van der Waals surface area (Å²) in [7, 11) is 0. The number of allylic oxidation sites excluding steroid dienone is 1. The lowest BCUT2D eigenvalue weighted by atomic mass is 9.91. The Balaban J connectivity index is 2.30. The molecule has 1 heterocycles. The Labute approximate surface area is 177 Å². The van der Waals surface area contributed by atoms with Crippen LogP contribution in [-0.4, -0.2) is 23.3 Å². The Morgan fingerprint density at radius 1 is 1.30 bits per heavy atom. The first-order valence-corrected chi connectivity index (χ1v) is 10.1. The van der Waals surface area contributed by atoms with E-state index in [1.807, 2.05) is 45.0 Å². The van der Waals surface area contributed by atoms with Crippen LogP contribution < -0.4 is 20.9 Å². The fraction of sp³-hybridized carbons (Fsp3) is 0.320. The Morgan fingerprint density at radius 3 is 2.73 bits per heavy atom. The second kappa shape index (κ2) is 8.76. The van der Waals surface area contributed by atoms with E-state index in [1.165, 1.54) is 6.20 Å². The molecule has 0 aliphatic carbocycles. The van der Waals surface area contributed by atoms with Crippen molar-refractivity contribution in [1.82, 2.24) is 0 Å². The van der Waals surface area contributed by atoms with E-state index in [0.29, 0.717) is 16.0 Å². The normalized spacial score (nSPS) is 15.6. The average molecular weight is 408 g/mol. The zero-order valence-corrected chi connectivity index (χ0v) is 17.8. The van der Waals surface area contributed by atoms with Crippen molar-refractivity contribution in [2.75, 3.05) is 6.61 Å². The molecule has 1 aliphatic rings. The van der Waals surface area contributed by atoms with Crippen LogP contribution in [0.4, 0.5) is 0 Å². The van der Waals surface area contributed by atoms with Crippen LogP contribution in [0.15, 0.2) is 42.6 Å². The molecular formula is C25H29NO4. The Bertz CT molecular complexity index is 1080. The molecule has 1 aliphatic heterocycles. The van der Waals surface area contributed by atoms with Crippen molar-refractivity contribution in [1.29, 1.82) is 0 Å². The van der Waals surface area contributed by atoms with E-state index in [1.54, 1.807) is 12.2 Å². The van der Waals surface area contributed by atoms with Crippen molar-refractivity contribution in [3.63, 3.8) is 0 Å². The number of aryl methyl sites for hydroxylation is 1. The van der Waals surface area contributed by atoms with Crippen molar-refractivity contribution in [3.8, 4) is 16.9 Å². The lowest BCUT2D eigenvalue weighted by molar-refractivity contribution is -0.160. The molecule has 0 amide bonds. The minimum Gasteiger partial charge on any atom is -0.493 e. The SMILES string of the molecule is C=c1ccc(-c2ccc3c(c2)CCCO3)c(C(OC(C)(C)C)C(=O)O)/c1=C/C=C\N. The van der Waals surface area contributed by atoms with Gasteiger partial charge < -0.3 is 20.3 Å². The lowest BCUT2D eigenvalue weighted by Gasteiger charge is -2.27. The zero-order chi connectivity index (χ0) is 21.9. The zero-order valence-electron chi connectivity index (χ0n) is 17.8. The quantitative estimate of drug-likeness (QED) is 0.795. The van der Waals surface area contributed by atoms with Gasteiger partial charge in [0.1, 0.15) is 5.75 Å². The topological polar surface area (TPSA) is 81.8 Å². The van der Waals surface area contributed by atoms with E-state index in [0.717, 1.165) is 41.9 Å². The summed E-state index contributed by atoms with van der Waals surface area (Å²) < 4.78 is 11.7. The number of carboxylic acid groups (broad SMARTS) is 1. The van der Waals surface area contributed by atoms with Crippen molar-refractivity contribution in [2.45, 2.75) is 45.3 Å². The third kappa shape index (κ3) is 4.74.